The third-order valence-electron chi connectivity index (χ3n) is 2.40. The van der Waals surface area contributed by atoms with Gasteiger partial charge in [0.15, 0.2) is 0 Å². The van der Waals surface area contributed by atoms with E-state index in [2.05, 4.69) is 0 Å². The number of hydrogen-bond donors (Lipinski definition) is 2. The van der Waals surface area contributed by atoms with Crippen LogP contribution in [0.25, 0.3) is 10.8 Å². The summed E-state index contributed by atoms with van der Waals surface area (Å²) < 4.78 is 62.7. The van der Waals surface area contributed by atoms with Crippen molar-refractivity contribution in [2.45, 2.75) is 9.79 Å². The van der Waals surface area contributed by atoms with E-state index in [9.17, 15) is 16.8 Å². The van der Waals surface area contributed by atoms with E-state index >= 15 is 0 Å². The standard InChI is InChI=1S/C10H8O6S2.3Na.H2O/c11-17(12,13)9-5-1-3-7-8(9)4-2-6-10(7)18(14,15)16;;;;/h1-6H,(H,11,12,13)(H,14,15,16);;;;1H2/q;3*+1;. The third kappa shape index (κ3) is 6.41. The van der Waals surface area contributed by atoms with E-state index < -0.39 is 30.0 Å². The Kier molecular flexibility index (Phi) is 13.5. The van der Waals surface area contributed by atoms with Crippen molar-refractivity contribution in [2.24, 2.45) is 0 Å². The molecule has 0 aliphatic rings. The van der Waals surface area contributed by atoms with Crippen molar-refractivity contribution in [3.05, 3.63) is 36.4 Å². The van der Waals surface area contributed by atoms with Crippen molar-refractivity contribution in [1.82, 2.24) is 0 Å². The normalized spacial score (nSPS) is 10.5. The monoisotopic (exact) mass is 375 g/mol. The first kappa shape index (κ1) is 28.3. The second-order valence-electron chi connectivity index (χ2n) is 3.56. The van der Waals surface area contributed by atoms with Gasteiger partial charge in [-0.05, 0) is 12.1 Å². The molecule has 0 aliphatic carbocycles. The maximum atomic E-state index is 11.2. The van der Waals surface area contributed by atoms with Crippen LogP contribution in [0, 0.1) is 0 Å². The van der Waals surface area contributed by atoms with Crippen molar-refractivity contribution < 1.29 is 120 Å². The molecule has 0 spiro atoms. The summed E-state index contributed by atoms with van der Waals surface area (Å²) in [5, 5.41) is 0.0465. The van der Waals surface area contributed by atoms with Gasteiger partial charge in [-0.25, -0.2) is 0 Å². The van der Waals surface area contributed by atoms with Crippen molar-refractivity contribution in [3.8, 4) is 0 Å². The zero-order chi connectivity index (χ0) is 13.6. The van der Waals surface area contributed by atoms with Crippen molar-refractivity contribution in [3.63, 3.8) is 0 Å². The van der Waals surface area contributed by atoms with Crippen LogP contribution in [0.15, 0.2) is 46.2 Å². The molecule has 0 bridgehead atoms. The van der Waals surface area contributed by atoms with Gasteiger partial charge in [0.05, 0.1) is 0 Å². The predicted octanol–water partition coefficient (Wildman–Crippen LogP) is -8.48. The molecule has 0 atom stereocenters. The van der Waals surface area contributed by atoms with Gasteiger partial charge in [0.2, 0.25) is 0 Å². The molecule has 0 amide bonds. The molecule has 2 aromatic carbocycles. The maximum Gasteiger partial charge on any atom is 1.00 e. The van der Waals surface area contributed by atoms with E-state index in [0.29, 0.717) is 0 Å². The molecule has 0 aliphatic heterocycles. The van der Waals surface area contributed by atoms with Crippen LogP contribution >= 0.6 is 0 Å². The number of benzene rings is 2. The number of hydrogen-bond acceptors (Lipinski definition) is 4. The molecule has 7 nitrogen and oxygen atoms in total. The fourth-order valence-corrected chi connectivity index (χ4v) is 3.12. The Labute approximate surface area is 194 Å². The van der Waals surface area contributed by atoms with E-state index in [-0.39, 0.29) is 105 Å². The van der Waals surface area contributed by atoms with Crippen molar-refractivity contribution in [1.29, 1.82) is 0 Å². The number of rotatable bonds is 2. The summed E-state index contributed by atoms with van der Waals surface area (Å²) in [6.07, 6.45) is 0. The van der Waals surface area contributed by atoms with E-state index in [1.807, 2.05) is 0 Å². The van der Waals surface area contributed by atoms with Crippen molar-refractivity contribution in [2.75, 3.05) is 0 Å². The molecule has 2 rings (SSSR count). The molecule has 0 radical (unpaired) electrons. The first-order valence-corrected chi connectivity index (χ1v) is 7.56. The molecule has 2 aromatic rings. The van der Waals surface area contributed by atoms with E-state index in [0.717, 1.165) is 12.1 Å². The van der Waals surface area contributed by atoms with Gasteiger partial charge in [0.1, 0.15) is 9.79 Å². The van der Waals surface area contributed by atoms with Crippen LogP contribution in [0.2, 0.25) is 0 Å². The summed E-state index contributed by atoms with van der Waals surface area (Å²) in [4.78, 5) is -0.823. The zero-order valence-corrected chi connectivity index (χ0v) is 19.9. The molecule has 4 N–H and O–H groups in total. The Morgan fingerprint density at radius 1 is 0.636 bits per heavy atom. The first-order valence-electron chi connectivity index (χ1n) is 4.68. The van der Waals surface area contributed by atoms with E-state index in [1.165, 1.54) is 24.3 Å². The molecule has 0 aromatic heterocycles. The Morgan fingerprint density at radius 2 is 0.909 bits per heavy atom. The van der Waals surface area contributed by atoms with Crippen LogP contribution in [0.1, 0.15) is 0 Å². The van der Waals surface area contributed by atoms with Crippen LogP contribution in [-0.2, 0) is 20.2 Å². The topological polar surface area (TPSA) is 140 Å². The Bertz CT molecular complexity index is 763. The average molecular weight is 375 g/mol. The summed E-state index contributed by atoms with van der Waals surface area (Å²) in [6, 6.07) is 7.53. The minimum atomic E-state index is -4.47. The van der Waals surface area contributed by atoms with E-state index in [4.69, 9.17) is 9.11 Å². The van der Waals surface area contributed by atoms with Crippen LogP contribution < -0.4 is 88.7 Å². The molecule has 0 heterocycles. The molecule has 22 heavy (non-hydrogen) atoms. The van der Waals surface area contributed by atoms with E-state index in [1.54, 1.807) is 0 Å². The Balaban J connectivity index is -0.000000902. The summed E-state index contributed by atoms with van der Waals surface area (Å²) in [5.74, 6) is 0. The van der Waals surface area contributed by atoms with Gasteiger partial charge in [-0.1, -0.05) is 24.3 Å². The van der Waals surface area contributed by atoms with Gasteiger partial charge in [-0.3, -0.25) is 9.11 Å². The smallest absolute Gasteiger partial charge is 0.412 e. The minimum Gasteiger partial charge on any atom is -0.412 e. The molecule has 0 saturated carbocycles. The van der Waals surface area contributed by atoms with Gasteiger partial charge < -0.3 is 5.48 Å². The largest absolute Gasteiger partial charge is 1.00 e. The molecule has 0 unspecified atom stereocenters. The summed E-state index contributed by atoms with van der Waals surface area (Å²) >= 11 is 0. The van der Waals surface area contributed by atoms with Gasteiger partial charge >= 0.3 is 88.7 Å². The Morgan fingerprint density at radius 3 is 1.14 bits per heavy atom. The fourth-order valence-electron chi connectivity index (χ4n) is 1.70. The summed E-state index contributed by atoms with van der Waals surface area (Å²) in [6.45, 7) is 0. The molecule has 104 valence electrons. The maximum absolute atomic E-state index is 11.2. The fraction of sp³-hybridized carbons (Fsp3) is 0. The molecular weight excluding hydrogens is 365 g/mol. The second kappa shape index (κ2) is 10.5. The predicted molar refractivity (Wildman–Crippen MR) is 67.2 cm³/mol. The zero-order valence-electron chi connectivity index (χ0n) is 12.3. The molecule has 0 fully saturated rings. The van der Waals surface area contributed by atoms with Crippen molar-refractivity contribution >= 4 is 31.0 Å². The quantitative estimate of drug-likeness (QED) is 0.395. The molecule has 12 heteroatoms. The van der Waals surface area contributed by atoms with Crippen LogP contribution in [0.5, 0.6) is 0 Å². The van der Waals surface area contributed by atoms with Crippen LogP contribution in [-0.4, -0.2) is 31.4 Å². The summed E-state index contributed by atoms with van der Waals surface area (Å²) in [5.41, 5.74) is 0. The van der Waals surface area contributed by atoms with Gasteiger partial charge in [-0.15, -0.1) is 0 Å². The second-order valence-corrected chi connectivity index (χ2v) is 6.34. The average Bonchev–Trinajstić information content (AvgIpc) is 2.24. The number of fused-ring (bicyclic) bond motifs is 1. The SMILES string of the molecule is O.O=S(=O)(O)c1cccc2c(S(=O)(=O)O)cccc12.[Na+].[Na+].[Na+]. The minimum absolute atomic E-state index is 0. The molecule has 0 saturated heterocycles. The van der Waals surface area contributed by atoms with Crippen LogP contribution in [0.3, 0.4) is 0 Å². The van der Waals surface area contributed by atoms with Gasteiger partial charge in [-0.2, -0.15) is 16.8 Å². The van der Waals surface area contributed by atoms with Gasteiger partial charge in [0, 0.05) is 10.8 Å². The third-order valence-corrected chi connectivity index (χ3v) is 4.22. The van der Waals surface area contributed by atoms with Crippen LogP contribution in [0.4, 0.5) is 0 Å². The first-order chi connectivity index (χ1) is 8.21. The Hall–Kier alpha value is 1.48. The summed E-state index contributed by atoms with van der Waals surface area (Å²) in [7, 11) is -8.94. The molecular formula is C10H10Na3O7S2+3. The van der Waals surface area contributed by atoms with Gasteiger partial charge in [0.25, 0.3) is 20.2 Å².